The van der Waals surface area contributed by atoms with Crippen molar-refractivity contribution >= 4 is 28.6 Å². The fraction of sp³-hybridized carbons (Fsp3) is 0.0870. The molecule has 0 fully saturated rings. The molecule has 6 heteroatoms. The summed E-state index contributed by atoms with van der Waals surface area (Å²) in [5, 5.41) is 15.5. The van der Waals surface area contributed by atoms with Gasteiger partial charge in [0.1, 0.15) is 0 Å². The fourth-order valence-corrected chi connectivity index (χ4v) is 4.68. The summed E-state index contributed by atoms with van der Waals surface area (Å²) in [5.41, 5.74) is 3.61. The summed E-state index contributed by atoms with van der Waals surface area (Å²) in [6, 6.07) is 21.0. The number of nitrogens with one attached hydrogen (secondary N) is 1. The van der Waals surface area contributed by atoms with Gasteiger partial charge in [0.2, 0.25) is 0 Å². The second-order valence-corrected chi connectivity index (χ2v) is 8.63. The zero-order valence-corrected chi connectivity index (χ0v) is 17.3. The van der Waals surface area contributed by atoms with Crippen LogP contribution in [-0.2, 0) is 6.54 Å². The van der Waals surface area contributed by atoms with E-state index in [1.807, 2.05) is 60.8 Å². The number of rotatable bonds is 5. The summed E-state index contributed by atoms with van der Waals surface area (Å²) in [6.45, 7) is 2.44. The molecule has 2 heterocycles. The molecule has 0 aliphatic heterocycles. The number of nitriles is 1. The number of hydrogen-bond acceptors (Lipinski definition) is 5. The van der Waals surface area contributed by atoms with Gasteiger partial charge in [-0.05, 0) is 36.8 Å². The smallest absolute Gasteiger partial charge is 0.252 e. The topological polar surface area (TPSA) is 65.8 Å². The molecule has 29 heavy (non-hydrogen) atoms. The molecule has 0 radical (unpaired) electrons. The van der Waals surface area contributed by atoms with E-state index in [4.69, 9.17) is 0 Å². The molecular weight excluding hydrogens is 398 g/mol. The molecule has 4 nitrogen and oxygen atoms in total. The third kappa shape index (κ3) is 4.11. The van der Waals surface area contributed by atoms with Gasteiger partial charge in [0, 0.05) is 21.4 Å². The van der Waals surface area contributed by atoms with Crippen LogP contribution in [-0.4, -0.2) is 10.9 Å². The number of thiophene rings is 1. The predicted molar refractivity (Wildman–Crippen MR) is 118 cm³/mol. The number of thiazole rings is 1. The number of amides is 1. The molecule has 0 aliphatic rings. The molecule has 2 aromatic heterocycles. The Hall–Kier alpha value is -3.27. The number of benzene rings is 2. The first-order chi connectivity index (χ1) is 14.2. The molecule has 0 atom stereocenters. The maximum absolute atomic E-state index is 12.9. The van der Waals surface area contributed by atoms with Crippen molar-refractivity contribution in [1.82, 2.24) is 10.3 Å². The van der Waals surface area contributed by atoms with Crippen molar-refractivity contribution in [2.75, 3.05) is 0 Å². The first-order valence-corrected chi connectivity index (χ1v) is 10.7. The van der Waals surface area contributed by atoms with Crippen molar-refractivity contribution in [2.24, 2.45) is 0 Å². The number of aryl methyl sites for hydroxylation is 1. The van der Waals surface area contributed by atoms with Crippen LogP contribution >= 0.6 is 22.7 Å². The van der Waals surface area contributed by atoms with Gasteiger partial charge in [-0.25, -0.2) is 4.98 Å². The highest BCUT2D eigenvalue weighted by Gasteiger charge is 2.15. The van der Waals surface area contributed by atoms with Crippen LogP contribution in [0.25, 0.3) is 21.7 Å². The molecular formula is C23H17N3OS2. The summed E-state index contributed by atoms with van der Waals surface area (Å²) in [5.74, 6) is -0.159. The van der Waals surface area contributed by atoms with Gasteiger partial charge in [-0.1, -0.05) is 36.4 Å². The maximum Gasteiger partial charge on any atom is 0.252 e. The zero-order valence-electron chi connectivity index (χ0n) is 15.7. The molecule has 0 aliphatic carbocycles. The first-order valence-electron chi connectivity index (χ1n) is 9.03. The summed E-state index contributed by atoms with van der Waals surface area (Å²) < 4.78 is 0. The van der Waals surface area contributed by atoms with Crippen LogP contribution in [0.5, 0.6) is 0 Å². The summed E-state index contributed by atoms with van der Waals surface area (Å²) in [6.07, 6.45) is 0. The zero-order chi connectivity index (χ0) is 20.2. The van der Waals surface area contributed by atoms with Gasteiger partial charge in [0.25, 0.3) is 5.91 Å². The molecule has 0 unspecified atom stereocenters. The van der Waals surface area contributed by atoms with Crippen LogP contribution < -0.4 is 5.32 Å². The molecule has 4 rings (SSSR count). The second kappa shape index (κ2) is 8.39. The van der Waals surface area contributed by atoms with Crippen LogP contribution in [0.4, 0.5) is 0 Å². The Labute approximate surface area is 177 Å². The summed E-state index contributed by atoms with van der Waals surface area (Å²) in [7, 11) is 0. The van der Waals surface area contributed by atoms with Gasteiger partial charge in [-0.15, -0.1) is 22.7 Å². The number of hydrogen-bond donors (Lipinski definition) is 1. The van der Waals surface area contributed by atoms with Crippen LogP contribution in [0.15, 0.2) is 66.0 Å². The Balaban J connectivity index is 1.53. The minimum Gasteiger partial charge on any atom is -0.347 e. The average molecular weight is 416 g/mol. The normalized spacial score (nSPS) is 10.5. The van der Waals surface area contributed by atoms with Gasteiger partial charge in [0.15, 0.2) is 0 Å². The lowest BCUT2D eigenvalue weighted by Gasteiger charge is -2.11. The maximum atomic E-state index is 12.9. The molecule has 1 amide bonds. The highest BCUT2D eigenvalue weighted by Crippen LogP contribution is 2.30. The highest BCUT2D eigenvalue weighted by atomic mass is 32.1. The molecule has 0 spiro atoms. The van der Waals surface area contributed by atoms with Crippen molar-refractivity contribution in [3.05, 3.63) is 87.1 Å². The Kier molecular flexibility index (Phi) is 5.52. The van der Waals surface area contributed by atoms with Gasteiger partial charge >= 0.3 is 0 Å². The highest BCUT2D eigenvalue weighted by molar-refractivity contribution is 7.16. The minimum absolute atomic E-state index is 0.159. The van der Waals surface area contributed by atoms with Gasteiger partial charge in [-0.2, -0.15) is 5.26 Å². The largest absolute Gasteiger partial charge is 0.347 e. The van der Waals surface area contributed by atoms with Crippen molar-refractivity contribution in [3.8, 4) is 27.8 Å². The molecule has 0 saturated carbocycles. The molecule has 2 aromatic carbocycles. The van der Waals surface area contributed by atoms with Crippen LogP contribution in [0, 0.1) is 18.3 Å². The molecule has 142 valence electrons. The molecule has 4 aromatic rings. The first kappa shape index (κ1) is 19.1. The number of aromatic nitrogens is 1. The van der Waals surface area contributed by atoms with E-state index in [1.165, 1.54) is 0 Å². The standard InChI is InChI=1S/C23H17N3OS2/c1-15-26-21(14-28-15)22-11-10-17(29-22)13-25-23(27)20-9-5-4-8-19(20)18-7-3-2-6-16(18)12-24/h2-11,14H,13H2,1H3,(H,25,27). The van der Waals surface area contributed by atoms with Crippen LogP contribution in [0.2, 0.25) is 0 Å². The van der Waals surface area contributed by atoms with E-state index in [2.05, 4.69) is 16.4 Å². The van der Waals surface area contributed by atoms with Crippen molar-refractivity contribution in [1.29, 1.82) is 5.26 Å². The summed E-state index contributed by atoms with van der Waals surface area (Å²) >= 11 is 3.26. The predicted octanol–water partition coefficient (Wildman–Crippen LogP) is 5.65. The van der Waals surface area contributed by atoms with E-state index in [1.54, 1.807) is 34.8 Å². The van der Waals surface area contributed by atoms with E-state index in [0.717, 1.165) is 31.6 Å². The molecule has 0 saturated heterocycles. The SMILES string of the molecule is Cc1nc(-c2ccc(CNC(=O)c3ccccc3-c3ccccc3C#N)s2)cs1. The number of nitrogens with zero attached hydrogens (tertiary/aromatic N) is 2. The monoisotopic (exact) mass is 415 g/mol. The number of carbonyl (C=O) groups excluding carboxylic acids is 1. The van der Waals surface area contributed by atoms with E-state index in [-0.39, 0.29) is 5.91 Å². The Bertz CT molecular complexity index is 1220. The average Bonchev–Trinajstić information content (AvgIpc) is 3.41. The summed E-state index contributed by atoms with van der Waals surface area (Å²) in [4.78, 5) is 19.6. The van der Waals surface area contributed by atoms with Crippen molar-refractivity contribution in [2.45, 2.75) is 13.5 Å². The van der Waals surface area contributed by atoms with E-state index < -0.39 is 0 Å². The van der Waals surface area contributed by atoms with E-state index in [0.29, 0.717) is 17.7 Å². The van der Waals surface area contributed by atoms with Gasteiger partial charge in [0.05, 0.1) is 33.8 Å². The van der Waals surface area contributed by atoms with Gasteiger partial charge in [-0.3, -0.25) is 4.79 Å². The molecule has 1 N–H and O–H groups in total. The second-order valence-electron chi connectivity index (χ2n) is 6.40. The van der Waals surface area contributed by atoms with Gasteiger partial charge < -0.3 is 5.32 Å². The lowest BCUT2D eigenvalue weighted by Crippen LogP contribution is -2.23. The Morgan fingerprint density at radius 2 is 1.83 bits per heavy atom. The quantitative estimate of drug-likeness (QED) is 0.458. The van der Waals surface area contributed by atoms with Crippen molar-refractivity contribution < 1.29 is 4.79 Å². The Morgan fingerprint density at radius 3 is 2.59 bits per heavy atom. The third-order valence-corrected chi connectivity index (χ3v) is 6.35. The third-order valence-electron chi connectivity index (χ3n) is 4.47. The lowest BCUT2D eigenvalue weighted by molar-refractivity contribution is 0.0952. The Morgan fingerprint density at radius 1 is 1.07 bits per heavy atom. The lowest BCUT2D eigenvalue weighted by atomic mass is 9.95. The number of carbonyl (C=O) groups is 1. The minimum atomic E-state index is -0.159. The van der Waals surface area contributed by atoms with E-state index >= 15 is 0 Å². The van der Waals surface area contributed by atoms with E-state index in [9.17, 15) is 10.1 Å². The van der Waals surface area contributed by atoms with Crippen molar-refractivity contribution in [3.63, 3.8) is 0 Å². The molecule has 0 bridgehead atoms. The van der Waals surface area contributed by atoms with Crippen LogP contribution in [0.3, 0.4) is 0 Å². The fourth-order valence-electron chi connectivity index (χ4n) is 3.08. The van der Waals surface area contributed by atoms with Crippen LogP contribution in [0.1, 0.15) is 25.8 Å².